The molecule has 0 radical (unpaired) electrons. The zero-order valence-electron chi connectivity index (χ0n) is 16.3. The number of rotatable bonds is 5. The first-order chi connectivity index (χ1) is 15.2. The van der Waals surface area contributed by atoms with Gasteiger partial charge in [0.15, 0.2) is 5.82 Å². The highest BCUT2D eigenvalue weighted by Crippen LogP contribution is 2.32. The number of alkyl halides is 2. The van der Waals surface area contributed by atoms with Gasteiger partial charge in [0.25, 0.3) is 12.0 Å². The van der Waals surface area contributed by atoms with Crippen LogP contribution in [-0.2, 0) is 0 Å². The van der Waals surface area contributed by atoms with Gasteiger partial charge in [-0.2, -0.15) is 15.1 Å². The molecule has 0 saturated heterocycles. The van der Waals surface area contributed by atoms with Crippen molar-refractivity contribution in [3.8, 4) is 5.82 Å². The molecule has 0 aliphatic rings. The molecule has 166 valence electrons. The first kappa shape index (κ1) is 21.7. The maximum atomic E-state index is 13.6. The van der Waals surface area contributed by atoms with Crippen molar-refractivity contribution in [1.29, 1.82) is 0 Å². The number of nitrogens with zero attached hydrogens (tertiary/aromatic N) is 5. The Morgan fingerprint density at radius 1 is 1.16 bits per heavy atom. The van der Waals surface area contributed by atoms with Gasteiger partial charge in [-0.3, -0.25) is 9.89 Å². The second kappa shape index (κ2) is 8.20. The number of nitrogen functional groups attached to an aromatic ring is 2. The SMILES string of the molecule is CC(Nc1nc(N)nc(N)c1Cl)c1nc2c(Cl)ccc(C(F)F)c2c(=O)n1-c1ccn[nH]1. The number of hydrogen-bond acceptors (Lipinski definition) is 8. The van der Waals surface area contributed by atoms with Crippen molar-refractivity contribution in [2.75, 3.05) is 16.8 Å². The van der Waals surface area contributed by atoms with Crippen molar-refractivity contribution in [3.05, 3.63) is 56.2 Å². The molecule has 0 spiro atoms. The summed E-state index contributed by atoms with van der Waals surface area (Å²) in [7, 11) is 0. The summed E-state index contributed by atoms with van der Waals surface area (Å²) in [5.41, 5.74) is 10.1. The highest BCUT2D eigenvalue weighted by molar-refractivity contribution is 6.35. The Kier molecular flexibility index (Phi) is 5.57. The predicted octanol–water partition coefficient (Wildman–Crippen LogP) is 3.48. The van der Waals surface area contributed by atoms with Crippen molar-refractivity contribution >= 4 is 51.7 Å². The Morgan fingerprint density at radius 2 is 1.91 bits per heavy atom. The van der Waals surface area contributed by atoms with Gasteiger partial charge in [0.05, 0.1) is 28.2 Å². The minimum absolute atomic E-state index is 0.0142. The summed E-state index contributed by atoms with van der Waals surface area (Å²) in [4.78, 5) is 25.6. The third-order valence-electron chi connectivity index (χ3n) is 4.63. The lowest BCUT2D eigenvalue weighted by Gasteiger charge is -2.20. The molecule has 0 amide bonds. The monoisotopic (exact) mass is 481 g/mol. The molecule has 4 aromatic rings. The second-order valence-corrected chi connectivity index (χ2v) is 7.49. The lowest BCUT2D eigenvalue weighted by molar-refractivity contribution is 0.153. The molecule has 3 heterocycles. The van der Waals surface area contributed by atoms with Gasteiger partial charge in [-0.15, -0.1) is 0 Å². The van der Waals surface area contributed by atoms with E-state index in [9.17, 15) is 13.6 Å². The fourth-order valence-electron chi connectivity index (χ4n) is 3.22. The number of nitrogens with two attached hydrogens (primary N) is 2. The van der Waals surface area contributed by atoms with Crippen LogP contribution >= 0.6 is 23.2 Å². The third-order valence-corrected chi connectivity index (χ3v) is 5.31. The molecule has 0 bridgehead atoms. The number of benzene rings is 1. The number of fused-ring (bicyclic) bond motifs is 1. The molecular weight excluding hydrogens is 467 g/mol. The molecule has 6 N–H and O–H groups in total. The van der Waals surface area contributed by atoms with Crippen molar-refractivity contribution in [3.63, 3.8) is 0 Å². The Balaban J connectivity index is 1.98. The van der Waals surface area contributed by atoms with Crippen molar-refractivity contribution in [2.45, 2.75) is 19.4 Å². The van der Waals surface area contributed by atoms with Gasteiger partial charge in [-0.25, -0.2) is 18.3 Å². The highest BCUT2D eigenvalue weighted by Gasteiger charge is 2.25. The number of halogens is 4. The van der Waals surface area contributed by atoms with Gasteiger partial charge in [-0.1, -0.05) is 29.3 Å². The minimum atomic E-state index is -2.91. The molecule has 0 aliphatic carbocycles. The zero-order chi connectivity index (χ0) is 23.2. The summed E-state index contributed by atoms with van der Waals surface area (Å²) in [6.45, 7) is 1.65. The smallest absolute Gasteiger partial charge is 0.267 e. The summed E-state index contributed by atoms with van der Waals surface area (Å²) < 4.78 is 28.4. The van der Waals surface area contributed by atoms with E-state index in [1.165, 1.54) is 18.3 Å². The molecule has 1 unspecified atom stereocenters. The first-order valence-corrected chi connectivity index (χ1v) is 9.82. The molecule has 0 fully saturated rings. The first-order valence-electron chi connectivity index (χ1n) is 9.07. The number of aromatic amines is 1. The zero-order valence-corrected chi connectivity index (χ0v) is 17.8. The Bertz CT molecular complexity index is 1380. The molecule has 1 aromatic carbocycles. The number of H-pyrrole nitrogens is 1. The van der Waals surface area contributed by atoms with E-state index in [0.717, 1.165) is 10.6 Å². The fourth-order valence-corrected chi connectivity index (χ4v) is 3.56. The predicted molar refractivity (Wildman–Crippen MR) is 117 cm³/mol. The quantitative estimate of drug-likeness (QED) is 0.337. The van der Waals surface area contributed by atoms with Gasteiger partial charge >= 0.3 is 0 Å². The van der Waals surface area contributed by atoms with E-state index in [1.54, 1.807) is 6.92 Å². The molecule has 32 heavy (non-hydrogen) atoms. The van der Waals surface area contributed by atoms with Gasteiger partial charge < -0.3 is 16.8 Å². The van der Waals surface area contributed by atoms with E-state index in [-0.39, 0.29) is 50.2 Å². The van der Waals surface area contributed by atoms with E-state index >= 15 is 0 Å². The normalized spacial score (nSPS) is 12.4. The van der Waals surface area contributed by atoms with E-state index in [4.69, 9.17) is 34.7 Å². The number of nitrogens with one attached hydrogen (secondary N) is 2. The molecule has 14 heteroatoms. The Hall–Kier alpha value is -3.51. The van der Waals surface area contributed by atoms with Crippen LogP contribution in [0.4, 0.5) is 26.4 Å². The van der Waals surface area contributed by atoms with Crippen molar-refractivity contribution < 1.29 is 8.78 Å². The van der Waals surface area contributed by atoms with Crippen LogP contribution in [0, 0.1) is 0 Å². The second-order valence-electron chi connectivity index (χ2n) is 6.71. The van der Waals surface area contributed by atoms with Gasteiger partial charge in [0.1, 0.15) is 22.5 Å². The standard InChI is InChI=1S/C18H15Cl2F2N9O/c1-6(26-15-11(20)14(23)28-18(24)29-15)16-27-12-8(19)3-2-7(13(21)22)10(12)17(32)31(16)9-4-5-25-30-9/h2-6,13H,1H3,(H,25,30)(H5,23,24,26,28,29). The molecule has 1 atom stereocenters. The highest BCUT2D eigenvalue weighted by atomic mass is 35.5. The third kappa shape index (κ3) is 3.67. The van der Waals surface area contributed by atoms with E-state index in [1.807, 2.05) is 0 Å². The largest absolute Gasteiger partial charge is 0.382 e. The van der Waals surface area contributed by atoms with Gasteiger partial charge in [0.2, 0.25) is 5.95 Å². The molecule has 0 aliphatic heterocycles. The molecule has 10 nitrogen and oxygen atoms in total. The summed E-state index contributed by atoms with van der Waals surface area (Å²) in [5, 5.41) is 9.20. The maximum Gasteiger partial charge on any atom is 0.267 e. The summed E-state index contributed by atoms with van der Waals surface area (Å²) in [6.07, 6.45) is -1.51. The van der Waals surface area contributed by atoms with Crippen LogP contribution in [-0.4, -0.2) is 29.7 Å². The number of anilines is 3. The van der Waals surface area contributed by atoms with Crippen LogP contribution in [0.15, 0.2) is 29.2 Å². The summed E-state index contributed by atoms with van der Waals surface area (Å²) >= 11 is 12.4. The molecule has 4 rings (SSSR count). The molecule has 0 saturated carbocycles. The Labute approximate surface area is 188 Å². The average Bonchev–Trinajstić information content (AvgIpc) is 3.26. The van der Waals surface area contributed by atoms with E-state index in [2.05, 4.69) is 30.5 Å². The lowest BCUT2D eigenvalue weighted by Crippen LogP contribution is -2.28. The van der Waals surface area contributed by atoms with Gasteiger partial charge in [0, 0.05) is 11.6 Å². The van der Waals surface area contributed by atoms with Crippen LogP contribution in [0.5, 0.6) is 0 Å². The Morgan fingerprint density at radius 3 is 2.56 bits per heavy atom. The fraction of sp³-hybridized carbons (Fsp3) is 0.167. The molecular formula is C18H15Cl2F2N9O. The average molecular weight is 482 g/mol. The summed E-state index contributed by atoms with van der Waals surface area (Å²) in [5.74, 6) is 0.259. The number of hydrogen-bond donors (Lipinski definition) is 4. The van der Waals surface area contributed by atoms with E-state index in [0.29, 0.717) is 0 Å². The van der Waals surface area contributed by atoms with Gasteiger partial charge in [-0.05, 0) is 13.0 Å². The van der Waals surface area contributed by atoms with Crippen LogP contribution in [0.3, 0.4) is 0 Å². The molecule has 3 aromatic heterocycles. The van der Waals surface area contributed by atoms with Crippen LogP contribution < -0.4 is 22.3 Å². The van der Waals surface area contributed by atoms with Crippen LogP contribution in [0.2, 0.25) is 10.0 Å². The summed E-state index contributed by atoms with van der Waals surface area (Å²) in [6, 6.07) is 3.12. The minimum Gasteiger partial charge on any atom is -0.382 e. The maximum absolute atomic E-state index is 13.6. The topological polar surface area (TPSA) is 153 Å². The van der Waals surface area contributed by atoms with Crippen LogP contribution in [0.25, 0.3) is 16.7 Å². The lowest BCUT2D eigenvalue weighted by atomic mass is 10.1. The number of aromatic nitrogens is 6. The van der Waals surface area contributed by atoms with Crippen molar-refractivity contribution in [2.24, 2.45) is 0 Å². The van der Waals surface area contributed by atoms with Crippen LogP contribution in [0.1, 0.15) is 30.8 Å². The van der Waals surface area contributed by atoms with E-state index < -0.39 is 23.6 Å². The van der Waals surface area contributed by atoms with Crippen molar-refractivity contribution in [1.82, 2.24) is 29.7 Å².